The van der Waals surface area contributed by atoms with Crippen molar-refractivity contribution in [2.45, 2.75) is 25.8 Å². The second-order valence-electron chi connectivity index (χ2n) is 5.23. The molecule has 0 aliphatic rings. The third-order valence-corrected chi connectivity index (χ3v) is 3.48. The Hall–Kier alpha value is -1.84. The van der Waals surface area contributed by atoms with Gasteiger partial charge in [-0.05, 0) is 48.2 Å². The predicted octanol–water partition coefficient (Wildman–Crippen LogP) is 3.19. The topological polar surface area (TPSA) is 47.3 Å². The largest absolute Gasteiger partial charge is 0.497 e. The van der Waals surface area contributed by atoms with E-state index in [1.54, 1.807) is 7.11 Å². The molecule has 2 aromatic rings. The molecule has 0 aromatic heterocycles. The number of benzene rings is 2. The van der Waals surface area contributed by atoms with E-state index in [9.17, 15) is 0 Å². The van der Waals surface area contributed by atoms with Crippen LogP contribution in [0.25, 0.3) is 10.8 Å². The molecule has 0 aliphatic heterocycles. The first-order valence-electron chi connectivity index (χ1n) is 6.80. The van der Waals surface area contributed by atoms with E-state index in [-0.39, 0.29) is 6.04 Å². The van der Waals surface area contributed by atoms with E-state index >= 15 is 0 Å². The SMILES string of the molecule is C=C(C)CC(Cc1cccc2ccc(OC)cc12)NN. The summed E-state index contributed by atoms with van der Waals surface area (Å²) in [6, 6.07) is 12.7. The number of hydrogen-bond donors (Lipinski definition) is 2. The molecule has 0 aliphatic carbocycles. The Morgan fingerprint density at radius 1 is 1.35 bits per heavy atom. The maximum absolute atomic E-state index is 5.65. The zero-order chi connectivity index (χ0) is 14.5. The number of rotatable bonds is 6. The number of nitrogens with one attached hydrogen (secondary N) is 1. The monoisotopic (exact) mass is 270 g/mol. The van der Waals surface area contributed by atoms with Crippen LogP contribution in [-0.4, -0.2) is 13.2 Å². The van der Waals surface area contributed by atoms with Gasteiger partial charge in [-0.25, -0.2) is 0 Å². The van der Waals surface area contributed by atoms with Gasteiger partial charge in [0.15, 0.2) is 0 Å². The van der Waals surface area contributed by atoms with E-state index in [1.807, 2.05) is 13.0 Å². The first-order valence-corrected chi connectivity index (χ1v) is 6.80. The molecule has 0 heterocycles. The molecule has 106 valence electrons. The number of methoxy groups -OCH3 is 1. The molecular formula is C17H22N2O. The van der Waals surface area contributed by atoms with Crippen molar-refractivity contribution < 1.29 is 4.74 Å². The van der Waals surface area contributed by atoms with E-state index in [1.165, 1.54) is 16.3 Å². The summed E-state index contributed by atoms with van der Waals surface area (Å²) in [5, 5.41) is 2.43. The van der Waals surface area contributed by atoms with Gasteiger partial charge < -0.3 is 4.74 Å². The van der Waals surface area contributed by atoms with Crippen molar-refractivity contribution in [3.05, 3.63) is 54.1 Å². The Morgan fingerprint density at radius 3 is 2.80 bits per heavy atom. The molecule has 20 heavy (non-hydrogen) atoms. The van der Waals surface area contributed by atoms with Crippen LogP contribution < -0.4 is 16.0 Å². The number of ether oxygens (including phenoxy) is 1. The lowest BCUT2D eigenvalue weighted by Crippen LogP contribution is -2.36. The van der Waals surface area contributed by atoms with Gasteiger partial charge in [0.25, 0.3) is 0 Å². The lowest BCUT2D eigenvalue weighted by Gasteiger charge is -2.17. The Balaban J connectivity index is 2.35. The summed E-state index contributed by atoms with van der Waals surface area (Å²) in [6.07, 6.45) is 1.74. The van der Waals surface area contributed by atoms with Crippen LogP contribution >= 0.6 is 0 Å². The molecule has 0 amide bonds. The smallest absolute Gasteiger partial charge is 0.119 e. The number of nitrogens with two attached hydrogens (primary N) is 1. The second-order valence-corrected chi connectivity index (χ2v) is 5.23. The molecular weight excluding hydrogens is 248 g/mol. The van der Waals surface area contributed by atoms with Crippen molar-refractivity contribution in [2.24, 2.45) is 5.84 Å². The summed E-state index contributed by atoms with van der Waals surface area (Å²) in [6.45, 7) is 5.98. The zero-order valence-electron chi connectivity index (χ0n) is 12.1. The molecule has 0 saturated heterocycles. The lowest BCUT2D eigenvalue weighted by molar-refractivity contribution is 0.415. The van der Waals surface area contributed by atoms with E-state index in [0.29, 0.717) is 0 Å². The molecule has 0 saturated carbocycles. The van der Waals surface area contributed by atoms with Crippen LogP contribution in [0.4, 0.5) is 0 Å². The van der Waals surface area contributed by atoms with Crippen LogP contribution in [0.1, 0.15) is 18.9 Å². The average Bonchev–Trinajstić information content (AvgIpc) is 2.45. The minimum absolute atomic E-state index is 0.198. The Labute approximate surface area is 120 Å². The highest BCUT2D eigenvalue weighted by Gasteiger charge is 2.10. The van der Waals surface area contributed by atoms with E-state index in [4.69, 9.17) is 10.6 Å². The molecule has 3 nitrogen and oxygen atoms in total. The van der Waals surface area contributed by atoms with Crippen LogP contribution in [-0.2, 0) is 6.42 Å². The van der Waals surface area contributed by atoms with Crippen LogP contribution in [0.3, 0.4) is 0 Å². The molecule has 0 spiro atoms. The highest BCUT2D eigenvalue weighted by atomic mass is 16.5. The summed E-state index contributed by atoms with van der Waals surface area (Å²) in [5.41, 5.74) is 5.28. The zero-order valence-corrected chi connectivity index (χ0v) is 12.1. The van der Waals surface area contributed by atoms with E-state index in [2.05, 4.69) is 42.3 Å². The molecule has 0 bridgehead atoms. The van der Waals surface area contributed by atoms with Crippen molar-refractivity contribution in [1.29, 1.82) is 0 Å². The quantitative estimate of drug-likeness (QED) is 0.481. The first-order chi connectivity index (χ1) is 9.63. The summed E-state index contributed by atoms with van der Waals surface area (Å²) < 4.78 is 5.32. The number of fused-ring (bicyclic) bond motifs is 1. The van der Waals surface area contributed by atoms with E-state index < -0.39 is 0 Å². The first kappa shape index (κ1) is 14.6. The highest BCUT2D eigenvalue weighted by molar-refractivity contribution is 5.87. The summed E-state index contributed by atoms with van der Waals surface area (Å²) in [7, 11) is 1.69. The van der Waals surface area contributed by atoms with Crippen molar-refractivity contribution >= 4 is 10.8 Å². The van der Waals surface area contributed by atoms with Gasteiger partial charge >= 0.3 is 0 Å². The predicted molar refractivity (Wildman–Crippen MR) is 84.7 cm³/mol. The summed E-state index contributed by atoms with van der Waals surface area (Å²) in [5.74, 6) is 6.53. The van der Waals surface area contributed by atoms with Crippen molar-refractivity contribution in [3.63, 3.8) is 0 Å². The van der Waals surface area contributed by atoms with Crippen LogP contribution in [0.15, 0.2) is 48.6 Å². The third-order valence-electron chi connectivity index (χ3n) is 3.48. The van der Waals surface area contributed by atoms with Gasteiger partial charge in [-0.1, -0.05) is 29.8 Å². The average molecular weight is 270 g/mol. The molecule has 1 atom stereocenters. The number of hydrogen-bond acceptors (Lipinski definition) is 3. The van der Waals surface area contributed by atoms with Crippen molar-refractivity contribution in [1.82, 2.24) is 5.43 Å². The van der Waals surface area contributed by atoms with Gasteiger partial charge in [-0.2, -0.15) is 0 Å². The Bertz CT molecular complexity index is 607. The maximum atomic E-state index is 5.65. The fourth-order valence-electron chi connectivity index (χ4n) is 2.50. The molecule has 0 radical (unpaired) electrons. The van der Waals surface area contributed by atoms with Gasteiger partial charge in [0.2, 0.25) is 0 Å². The second kappa shape index (κ2) is 6.55. The van der Waals surface area contributed by atoms with Crippen LogP contribution in [0.2, 0.25) is 0 Å². The Kier molecular flexibility index (Phi) is 4.77. The standard InChI is InChI=1S/C17H22N2O/c1-12(2)9-15(19-18)10-14-6-4-5-13-7-8-16(20-3)11-17(13)14/h4-8,11,15,19H,1,9-10,18H2,2-3H3. The van der Waals surface area contributed by atoms with Crippen LogP contribution in [0.5, 0.6) is 5.75 Å². The maximum Gasteiger partial charge on any atom is 0.119 e. The summed E-state index contributed by atoms with van der Waals surface area (Å²) in [4.78, 5) is 0. The fourth-order valence-corrected chi connectivity index (χ4v) is 2.50. The van der Waals surface area contributed by atoms with Crippen molar-refractivity contribution in [2.75, 3.05) is 7.11 Å². The third kappa shape index (κ3) is 3.38. The van der Waals surface area contributed by atoms with Gasteiger partial charge in [0, 0.05) is 6.04 Å². The minimum atomic E-state index is 0.198. The molecule has 2 aromatic carbocycles. The molecule has 3 heteroatoms. The van der Waals surface area contributed by atoms with Crippen LogP contribution in [0, 0.1) is 0 Å². The summed E-state index contributed by atoms with van der Waals surface area (Å²) >= 11 is 0. The van der Waals surface area contributed by atoms with Gasteiger partial charge in [-0.15, -0.1) is 6.58 Å². The van der Waals surface area contributed by atoms with E-state index in [0.717, 1.165) is 24.2 Å². The minimum Gasteiger partial charge on any atom is -0.497 e. The Morgan fingerprint density at radius 2 is 2.15 bits per heavy atom. The van der Waals surface area contributed by atoms with Crippen molar-refractivity contribution in [3.8, 4) is 5.75 Å². The lowest BCUT2D eigenvalue weighted by atomic mass is 9.96. The van der Waals surface area contributed by atoms with Gasteiger partial charge in [0.05, 0.1) is 7.11 Å². The molecule has 3 N–H and O–H groups in total. The van der Waals surface area contributed by atoms with Gasteiger partial charge in [-0.3, -0.25) is 11.3 Å². The molecule has 2 rings (SSSR count). The molecule has 0 fully saturated rings. The molecule has 1 unspecified atom stereocenters. The van der Waals surface area contributed by atoms with Gasteiger partial charge in [0.1, 0.15) is 5.75 Å². The normalized spacial score (nSPS) is 12.3. The number of hydrazine groups is 1. The highest BCUT2D eigenvalue weighted by Crippen LogP contribution is 2.25. The fraction of sp³-hybridized carbons (Fsp3) is 0.294.